The van der Waals surface area contributed by atoms with Crippen LogP contribution in [0.15, 0.2) is 41.9 Å². The third kappa shape index (κ3) is 5.55. The number of fused-ring (bicyclic) bond motifs is 1. The molecule has 5 rings (SSSR count). The largest absolute Gasteiger partial charge is 0.371 e. The van der Waals surface area contributed by atoms with Crippen LogP contribution in [0, 0.1) is 18.8 Å². The van der Waals surface area contributed by atoms with E-state index < -0.39 is 11.8 Å². The van der Waals surface area contributed by atoms with E-state index in [1.807, 2.05) is 12.1 Å². The van der Waals surface area contributed by atoms with Gasteiger partial charge < -0.3 is 15.1 Å². The predicted molar refractivity (Wildman–Crippen MR) is 157 cm³/mol. The predicted octanol–water partition coefficient (Wildman–Crippen LogP) is 6.37. The van der Waals surface area contributed by atoms with Crippen LogP contribution in [-0.2, 0) is 6.42 Å². The van der Waals surface area contributed by atoms with Gasteiger partial charge in [-0.3, -0.25) is 9.59 Å². The molecule has 0 radical (unpaired) electrons. The second-order valence-corrected chi connectivity index (χ2v) is 11.8. The molecule has 212 valence electrons. The molecule has 1 aliphatic carbocycles. The number of ketones is 1. The van der Waals surface area contributed by atoms with Crippen molar-refractivity contribution in [3.63, 3.8) is 0 Å². The lowest BCUT2D eigenvalue weighted by molar-refractivity contribution is -0.0545. The Hall–Kier alpha value is -3.14. The number of hydrogen-bond acceptors (Lipinski definition) is 6. The molecule has 0 bridgehead atoms. The normalized spacial score (nSPS) is 20.8. The zero-order chi connectivity index (χ0) is 28.6. The van der Waals surface area contributed by atoms with Crippen molar-refractivity contribution in [3.8, 4) is 0 Å². The fourth-order valence-corrected chi connectivity index (χ4v) is 6.73. The lowest BCUT2D eigenvalue weighted by Crippen LogP contribution is -2.47. The number of carbonyl (C=O) groups is 2. The van der Waals surface area contributed by atoms with Gasteiger partial charge in [0.05, 0.1) is 17.2 Å². The van der Waals surface area contributed by atoms with Crippen molar-refractivity contribution in [1.82, 2.24) is 9.97 Å². The molecule has 3 heterocycles. The first-order valence-electron chi connectivity index (χ1n) is 13.8. The quantitative estimate of drug-likeness (QED) is 0.366. The summed E-state index contributed by atoms with van der Waals surface area (Å²) in [6.45, 7) is 11.0. The number of nitrogens with zero attached hydrogens (tertiary/aromatic N) is 4. The summed E-state index contributed by atoms with van der Waals surface area (Å²) in [7, 11) is 0. The smallest absolute Gasteiger partial charge is 0.259 e. The van der Waals surface area contributed by atoms with Gasteiger partial charge in [0.25, 0.3) is 11.8 Å². The molecule has 1 amide bonds. The second kappa shape index (κ2) is 11.4. The Labute approximate surface area is 241 Å². The van der Waals surface area contributed by atoms with Crippen LogP contribution < -0.4 is 15.1 Å². The van der Waals surface area contributed by atoms with Gasteiger partial charge in [0, 0.05) is 60.8 Å². The number of aromatic nitrogens is 2. The maximum Gasteiger partial charge on any atom is 0.259 e. The Bertz CT molecular complexity index is 1360. The number of aryl methyl sites for hydroxylation is 1. The number of benzene rings is 1. The standard InChI is InChI=1S/C30H34BrF2N5O2/c1-4-6-19-9-12-37(13-10-19)23-16-22(31)26-21(7-8-24(26)39)27(23)28(40)35-25-15-18(3)34-29(36-25)38-14-11-30(32,33)20(5-2)17-38/h4-5,15-16,19-20H,1-2,6-14,17H2,3H3,(H,34,35,36,40). The lowest BCUT2D eigenvalue weighted by atomic mass is 9.92. The average molecular weight is 615 g/mol. The number of hydrogen-bond donors (Lipinski definition) is 1. The lowest BCUT2D eigenvalue weighted by Gasteiger charge is -2.37. The molecule has 3 aliphatic rings. The van der Waals surface area contributed by atoms with E-state index >= 15 is 0 Å². The van der Waals surface area contributed by atoms with Crippen molar-refractivity contribution in [2.75, 3.05) is 41.3 Å². The Morgan fingerprint density at radius 3 is 2.62 bits per heavy atom. The third-order valence-electron chi connectivity index (χ3n) is 8.25. The van der Waals surface area contributed by atoms with E-state index in [4.69, 9.17) is 0 Å². The molecule has 40 heavy (non-hydrogen) atoms. The molecule has 1 N–H and O–H groups in total. The van der Waals surface area contributed by atoms with Crippen LogP contribution in [0.5, 0.6) is 0 Å². The summed E-state index contributed by atoms with van der Waals surface area (Å²) in [6.07, 6.45) is 6.74. The van der Waals surface area contributed by atoms with Gasteiger partial charge in [0.15, 0.2) is 5.78 Å². The number of piperidine rings is 2. The Balaban J connectivity index is 1.45. The van der Waals surface area contributed by atoms with E-state index in [2.05, 4.69) is 49.3 Å². The summed E-state index contributed by atoms with van der Waals surface area (Å²) in [5.41, 5.74) is 3.22. The Morgan fingerprint density at radius 2 is 1.93 bits per heavy atom. The summed E-state index contributed by atoms with van der Waals surface area (Å²) in [4.78, 5) is 39.6. The highest BCUT2D eigenvalue weighted by atomic mass is 79.9. The van der Waals surface area contributed by atoms with E-state index in [0.29, 0.717) is 46.0 Å². The van der Waals surface area contributed by atoms with Crippen molar-refractivity contribution < 1.29 is 18.4 Å². The fraction of sp³-hybridized carbons (Fsp3) is 0.467. The molecular formula is C30H34BrF2N5O2. The molecule has 2 saturated heterocycles. The molecular weight excluding hydrogens is 580 g/mol. The summed E-state index contributed by atoms with van der Waals surface area (Å²) >= 11 is 3.59. The number of nitrogens with one attached hydrogen (secondary N) is 1. The topological polar surface area (TPSA) is 78.4 Å². The van der Waals surface area contributed by atoms with Crippen LogP contribution >= 0.6 is 15.9 Å². The molecule has 0 spiro atoms. The molecule has 2 fully saturated rings. The Morgan fingerprint density at radius 1 is 1.18 bits per heavy atom. The van der Waals surface area contributed by atoms with E-state index in [9.17, 15) is 18.4 Å². The maximum absolute atomic E-state index is 14.3. The van der Waals surface area contributed by atoms with Gasteiger partial charge in [-0.1, -0.05) is 12.2 Å². The van der Waals surface area contributed by atoms with Crippen molar-refractivity contribution in [3.05, 3.63) is 64.3 Å². The van der Waals surface area contributed by atoms with Crippen LogP contribution in [0.2, 0.25) is 0 Å². The first kappa shape index (κ1) is 28.4. The molecule has 7 nitrogen and oxygen atoms in total. The minimum absolute atomic E-state index is 0.0195. The van der Waals surface area contributed by atoms with Gasteiger partial charge in [-0.15, -0.1) is 13.2 Å². The minimum atomic E-state index is -2.82. The highest BCUT2D eigenvalue weighted by Gasteiger charge is 2.43. The van der Waals surface area contributed by atoms with Gasteiger partial charge in [-0.25, -0.2) is 13.8 Å². The summed E-state index contributed by atoms with van der Waals surface area (Å²) in [5.74, 6) is -3.01. The third-order valence-corrected chi connectivity index (χ3v) is 8.88. The van der Waals surface area contributed by atoms with E-state index in [1.54, 1.807) is 17.9 Å². The molecule has 0 saturated carbocycles. The van der Waals surface area contributed by atoms with Crippen LogP contribution in [-0.4, -0.2) is 53.8 Å². The number of Topliss-reactive ketones (excluding diaryl/α,β-unsaturated/α-hetero) is 1. The van der Waals surface area contributed by atoms with Crippen molar-refractivity contribution in [1.29, 1.82) is 0 Å². The maximum atomic E-state index is 14.3. The number of anilines is 3. The highest BCUT2D eigenvalue weighted by molar-refractivity contribution is 9.10. The first-order valence-corrected chi connectivity index (χ1v) is 14.6. The molecule has 1 aromatic carbocycles. The average Bonchev–Trinajstić information content (AvgIpc) is 3.30. The van der Waals surface area contributed by atoms with Gasteiger partial charge in [0.1, 0.15) is 5.82 Å². The fourth-order valence-electron chi connectivity index (χ4n) is 6.05. The van der Waals surface area contributed by atoms with Gasteiger partial charge in [0.2, 0.25) is 5.95 Å². The van der Waals surface area contributed by atoms with Gasteiger partial charge in [-0.2, -0.15) is 4.98 Å². The minimum Gasteiger partial charge on any atom is -0.371 e. The first-order chi connectivity index (χ1) is 19.1. The van der Waals surface area contributed by atoms with Crippen molar-refractivity contribution in [2.45, 2.75) is 51.4 Å². The zero-order valence-corrected chi connectivity index (χ0v) is 24.3. The zero-order valence-electron chi connectivity index (χ0n) is 22.7. The van der Waals surface area contributed by atoms with Crippen molar-refractivity contribution >= 4 is 45.1 Å². The molecule has 2 aliphatic heterocycles. The van der Waals surface area contributed by atoms with E-state index in [0.717, 1.165) is 43.6 Å². The highest BCUT2D eigenvalue weighted by Crippen LogP contribution is 2.40. The number of amides is 1. The Kier molecular flexibility index (Phi) is 8.08. The number of rotatable bonds is 7. The number of halogens is 3. The van der Waals surface area contributed by atoms with Gasteiger partial charge in [-0.05, 0) is 66.1 Å². The molecule has 10 heteroatoms. The SMILES string of the molecule is C=CCC1CCN(c2cc(Br)c3c(c2C(=O)Nc2cc(C)nc(N4CCC(F)(F)C(C=C)C4)n2)CCC3=O)CC1. The summed E-state index contributed by atoms with van der Waals surface area (Å²) in [6, 6.07) is 3.56. The number of carbonyl (C=O) groups excluding carboxylic acids is 2. The second-order valence-electron chi connectivity index (χ2n) is 10.9. The van der Waals surface area contributed by atoms with Crippen LogP contribution in [0.25, 0.3) is 0 Å². The van der Waals surface area contributed by atoms with Crippen molar-refractivity contribution in [2.24, 2.45) is 11.8 Å². The summed E-state index contributed by atoms with van der Waals surface area (Å²) < 4.78 is 29.2. The van der Waals surface area contributed by atoms with Gasteiger partial charge >= 0.3 is 0 Å². The number of alkyl halides is 2. The molecule has 1 unspecified atom stereocenters. The molecule has 1 aromatic heterocycles. The molecule has 2 aromatic rings. The van der Waals surface area contributed by atoms with E-state index in [1.165, 1.54) is 6.08 Å². The summed E-state index contributed by atoms with van der Waals surface area (Å²) in [5, 5.41) is 2.94. The monoisotopic (exact) mass is 613 g/mol. The van der Waals surface area contributed by atoms with E-state index in [-0.39, 0.29) is 37.0 Å². The van der Waals surface area contributed by atoms with Crippen LogP contribution in [0.3, 0.4) is 0 Å². The van der Waals surface area contributed by atoms with Crippen LogP contribution in [0.4, 0.5) is 26.2 Å². The number of allylic oxidation sites excluding steroid dienone is 1. The van der Waals surface area contributed by atoms with Crippen LogP contribution in [0.1, 0.15) is 64.1 Å². The molecule has 1 atom stereocenters.